The second-order valence-electron chi connectivity index (χ2n) is 4.36. The van der Waals surface area contributed by atoms with E-state index in [-0.39, 0.29) is 6.61 Å². The molecular weight excluding hydrogens is 326 g/mol. The van der Waals surface area contributed by atoms with Crippen LogP contribution in [0.3, 0.4) is 0 Å². The molecule has 0 aliphatic heterocycles. The van der Waals surface area contributed by atoms with Crippen molar-refractivity contribution in [2.24, 2.45) is 0 Å². The number of benzene rings is 1. The van der Waals surface area contributed by atoms with Gasteiger partial charge in [-0.3, -0.25) is 0 Å². The third-order valence-electron chi connectivity index (χ3n) is 2.95. The molecule has 0 spiro atoms. The molecular formula is C14H14BrNO4. The fraction of sp³-hybridized carbons (Fsp3) is 0.286. The van der Waals surface area contributed by atoms with Gasteiger partial charge in [-0.25, -0.2) is 4.79 Å². The first-order valence-corrected chi connectivity index (χ1v) is 6.80. The molecule has 6 heteroatoms. The minimum Gasteiger partial charge on any atom is -0.458 e. The summed E-state index contributed by atoms with van der Waals surface area (Å²) < 4.78 is 10.9. The number of esters is 1. The zero-order valence-corrected chi connectivity index (χ0v) is 12.7. The summed E-state index contributed by atoms with van der Waals surface area (Å²) in [5.74, 6) is -0.0965. The topological polar surface area (TPSA) is 72.6 Å². The lowest BCUT2D eigenvalue weighted by Crippen LogP contribution is -2.15. The van der Waals surface area contributed by atoms with Crippen molar-refractivity contribution in [2.75, 3.05) is 0 Å². The van der Waals surface area contributed by atoms with Gasteiger partial charge in [0.25, 0.3) is 0 Å². The lowest BCUT2D eigenvalue weighted by atomic mass is 10.1. The number of carbonyl (C=O) groups excluding carboxylic acids is 1. The molecule has 5 nitrogen and oxygen atoms in total. The molecule has 0 radical (unpaired) electrons. The number of aryl methyl sites for hydroxylation is 2. The molecule has 1 heterocycles. The number of aromatic nitrogens is 1. The summed E-state index contributed by atoms with van der Waals surface area (Å²) >= 11 is 3.29. The number of aliphatic hydroxyl groups is 1. The molecule has 20 heavy (non-hydrogen) atoms. The fourth-order valence-electron chi connectivity index (χ4n) is 1.71. The number of rotatable bonds is 4. The number of halogens is 1. The highest BCUT2D eigenvalue weighted by Gasteiger charge is 2.20. The van der Waals surface area contributed by atoms with Crippen molar-refractivity contribution < 1.29 is 19.2 Å². The zero-order valence-electron chi connectivity index (χ0n) is 11.1. The van der Waals surface area contributed by atoms with Gasteiger partial charge >= 0.3 is 5.97 Å². The van der Waals surface area contributed by atoms with E-state index in [0.717, 1.165) is 10.0 Å². The van der Waals surface area contributed by atoms with Crippen molar-refractivity contribution in [3.05, 3.63) is 51.3 Å². The standard InChI is InChI=1S/C14H14BrNO4/c1-8-12(9(2)20-16-8)7-19-14(18)13(17)10-3-5-11(15)6-4-10/h3-6,13,17H,7H2,1-2H3. The van der Waals surface area contributed by atoms with E-state index in [2.05, 4.69) is 21.1 Å². The Labute approximate surface area is 124 Å². The predicted octanol–water partition coefficient (Wildman–Crippen LogP) is 2.83. The second kappa shape index (κ2) is 6.19. The Morgan fingerprint density at radius 1 is 1.40 bits per heavy atom. The molecule has 0 fully saturated rings. The lowest BCUT2D eigenvalue weighted by molar-refractivity contribution is -0.155. The first-order valence-electron chi connectivity index (χ1n) is 6.01. The Balaban J connectivity index is 2.00. The van der Waals surface area contributed by atoms with Crippen molar-refractivity contribution in [3.8, 4) is 0 Å². The number of ether oxygens (including phenoxy) is 1. The maximum absolute atomic E-state index is 11.8. The van der Waals surface area contributed by atoms with Gasteiger partial charge in [0.1, 0.15) is 12.4 Å². The molecule has 1 atom stereocenters. The fourth-order valence-corrected chi connectivity index (χ4v) is 1.98. The smallest absolute Gasteiger partial charge is 0.339 e. The Kier molecular flexibility index (Phi) is 4.57. The van der Waals surface area contributed by atoms with E-state index in [1.54, 1.807) is 38.1 Å². The summed E-state index contributed by atoms with van der Waals surface area (Å²) in [5, 5.41) is 13.7. The van der Waals surface area contributed by atoms with Crippen LogP contribution < -0.4 is 0 Å². The molecule has 0 saturated carbocycles. The van der Waals surface area contributed by atoms with E-state index in [1.807, 2.05) is 0 Å². The summed E-state index contributed by atoms with van der Waals surface area (Å²) in [7, 11) is 0. The van der Waals surface area contributed by atoms with Crippen molar-refractivity contribution >= 4 is 21.9 Å². The highest BCUT2D eigenvalue weighted by Crippen LogP contribution is 2.19. The summed E-state index contributed by atoms with van der Waals surface area (Å²) in [6.07, 6.45) is -1.30. The summed E-state index contributed by atoms with van der Waals surface area (Å²) in [6.45, 7) is 3.55. The minimum absolute atomic E-state index is 0.0353. The van der Waals surface area contributed by atoms with Gasteiger partial charge < -0.3 is 14.4 Å². The number of aliphatic hydroxyl groups excluding tert-OH is 1. The van der Waals surface area contributed by atoms with E-state index in [9.17, 15) is 9.90 Å². The molecule has 0 aliphatic rings. The lowest BCUT2D eigenvalue weighted by Gasteiger charge is -2.11. The highest BCUT2D eigenvalue weighted by molar-refractivity contribution is 9.10. The molecule has 0 amide bonds. The monoisotopic (exact) mass is 339 g/mol. The van der Waals surface area contributed by atoms with Gasteiger partial charge in [0, 0.05) is 4.47 Å². The Morgan fingerprint density at radius 3 is 2.60 bits per heavy atom. The van der Waals surface area contributed by atoms with Crippen LogP contribution in [0.15, 0.2) is 33.3 Å². The molecule has 2 aromatic rings. The van der Waals surface area contributed by atoms with Gasteiger partial charge in [-0.1, -0.05) is 33.2 Å². The van der Waals surface area contributed by atoms with Crippen LogP contribution >= 0.6 is 15.9 Å². The van der Waals surface area contributed by atoms with E-state index < -0.39 is 12.1 Å². The van der Waals surface area contributed by atoms with E-state index in [1.165, 1.54) is 0 Å². The molecule has 0 bridgehead atoms. The second-order valence-corrected chi connectivity index (χ2v) is 5.28. The average Bonchev–Trinajstić information content (AvgIpc) is 2.75. The number of hydrogen-bond acceptors (Lipinski definition) is 5. The third-order valence-corrected chi connectivity index (χ3v) is 3.48. The summed E-state index contributed by atoms with van der Waals surface area (Å²) in [4.78, 5) is 11.8. The van der Waals surface area contributed by atoms with E-state index >= 15 is 0 Å². The van der Waals surface area contributed by atoms with E-state index in [4.69, 9.17) is 9.26 Å². The molecule has 1 N–H and O–H groups in total. The maximum Gasteiger partial charge on any atom is 0.339 e. The van der Waals surface area contributed by atoms with Crippen LogP contribution in [0.2, 0.25) is 0 Å². The first-order chi connectivity index (χ1) is 9.49. The Morgan fingerprint density at radius 2 is 2.05 bits per heavy atom. The third kappa shape index (κ3) is 3.26. The van der Waals surface area contributed by atoms with Crippen molar-refractivity contribution in [1.29, 1.82) is 0 Å². The molecule has 1 unspecified atom stereocenters. The van der Waals surface area contributed by atoms with Gasteiger partial charge in [-0.2, -0.15) is 0 Å². The molecule has 1 aromatic carbocycles. The van der Waals surface area contributed by atoms with Crippen molar-refractivity contribution in [2.45, 2.75) is 26.6 Å². The van der Waals surface area contributed by atoms with Crippen LogP contribution in [0.1, 0.15) is 28.7 Å². The van der Waals surface area contributed by atoms with E-state index in [0.29, 0.717) is 17.0 Å². The number of carbonyl (C=O) groups is 1. The first kappa shape index (κ1) is 14.7. The molecule has 1 aromatic heterocycles. The van der Waals surface area contributed by atoms with Gasteiger partial charge in [-0.15, -0.1) is 0 Å². The summed E-state index contributed by atoms with van der Waals surface area (Å²) in [5.41, 5.74) is 1.88. The highest BCUT2D eigenvalue weighted by atomic mass is 79.9. The van der Waals surface area contributed by atoms with Crippen molar-refractivity contribution in [1.82, 2.24) is 5.16 Å². The van der Waals surface area contributed by atoms with Gasteiger partial charge in [0.05, 0.1) is 11.3 Å². The normalized spacial score (nSPS) is 12.2. The molecule has 0 saturated heterocycles. The molecule has 0 aliphatic carbocycles. The average molecular weight is 340 g/mol. The van der Waals surface area contributed by atoms with Crippen LogP contribution in [0.4, 0.5) is 0 Å². The van der Waals surface area contributed by atoms with Gasteiger partial charge in [0.2, 0.25) is 0 Å². The maximum atomic E-state index is 11.8. The Hall–Kier alpha value is -1.66. The number of hydrogen-bond donors (Lipinski definition) is 1. The molecule has 106 valence electrons. The van der Waals surface area contributed by atoms with Crippen LogP contribution in [0.5, 0.6) is 0 Å². The van der Waals surface area contributed by atoms with Gasteiger partial charge in [0.15, 0.2) is 6.10 Å². The van der Waals surface area contributed by atoms with Crippen LogP contribution in [-0.2, 0) is 16.1 Å². The largest absolute Gasteiger partial charge is 0.458 e. The van der Waals surface area contributed by atoms with Gasteiger partial charge in [-0.05, 0) is 31.5 Å². The zero-order chi connectivity index (χ0) is 14.7. The van der Waals surface area contributed by atoms with Crippen LogP contribution in [0, 0.1) is 13.8 Å². The Bertz CT molecular complexity index is 587. The minimum atomic E-state index is -1.30. The summed E-state index contributed by atoms with van der Waals surface area (Å²) in [6, 6.07) is 6.82. The molecule has 2 rings (SSSR count). The number of nitrogens with zero attached hydrogens (tertiary/aromatic N) is 1. The van der Waals surface area contributed by atoms with Crippen molar-refractivity contribution in [3.63, 3.8) is 0 Å². The predicted molar refractivity (Wildman–Crippen MR) is 74.9 cm³/mol. The SMILES string of the molecule is Cc1noc(C)c1COC(=O)C(O)c1ccc(Br)cc1. The van der Waals surface area contributed by atoms with Crippen LogP contribution in [-0.4, -0.2) is 16.2 Å². The van der Waals surface area contributed by atoms with Crippen LogP contribution in [0.25, 0.3) is 0 Å². The quantitative estimate of drug-likeness (QED) is 0.867.